The number of rotatable bonds is 6. The van der Waals surface area contributed by atoms with E-state index in [2.05, 4.69) is 5.38 Å². The molecule has 1 atom stereocenters. The van der Waals surface area contributed by atoms with Gasteiger partial charge in [0, 0.05) is 27.9 Å². The average Bonchev–Trinajstić information content (AvgIpc) is 3.18. The highest BCUT2D eigenvalue weighted by Gasteiger charge is 2.20. The van der Waals surface area contributed by atoms with Gasteiger partial charge in [0.05, 0.1) is 23.6 Å². The summed E-state index contributed by atoms with van der Waals surface area (Å²) >= 11 is 1.74. The van der Waals surface area contributed by atoms with Crippen LogP contribution in [0.3, 0.4) is 0 Å². The monoisotopic (exact) mass is 335 g/mol. The summed E-state index contributed by atoms with van der Waals surface area (Å²) in [6, 6.07) is 7.78. The molecule has 1 aliphatic carbocycles. The molecule has 0 bridgehead atoms. The molecule has 0 saturated heterocycles. The van der Waals surface area contributed by atoms with Crippen LogP contribution in [0.1, 0.15) is 47.9 Å². The van der Waals surface area contributed by atoms with E-state index in [1.807, 2.05) is 24.3 Å². The van der Waals surface area contributed by atoms with Crippen LogP contribution in [-0.2, 0) is 22.3 Å². The van der Waals surface area contributed by atoms with Crippen molar-refractivity contribution in [1.29, 1.82) is 0 Å². The van der Waals surface area contributed by atoms with Crippen LogP contribution in [0.25, 0.3) is 0 Å². The zero-order chi connectivity index (χ0) is 15.4. The Labute approximate surface area is 138 Å². The summed E-state index contributed by atoms with van der Waals surface area (Å²) < 4.78 is 17.6. The second kappa shape index (κ2) is 7.38. The summed E-state index contributed by atoms with van der Waals surface area (Å²) in [5.74, 6) is 2.55. The van der Waals surface area contributed by atoms with Crippen LogP contribution in [0.2, 0.25) is 0 Å². The lowest BCUT2D eigenvalue weighted by atomic mass is 10.1. The summed E-state index contributed by atoms with van der Waals surface area (Å²) in [6.45, 7) is 0. The SMILES string of the molecule is COc1cccc(C[S@](=O)Cc2csc(C3CCCC3)n2)c1. The number of aromatic nitrogens is 1. The molecule has 1 aliphatic rings. The maximum Gasteiger partial charge on any atom is 0.119 e. The fourth-order valence-corrected chi connectivity index (χ4v) is 5.14. The largest absolute Gasteiger partial charge is 0.497 e. The standard InChI is InChI=1S/C17H21NO2S2/c1-20-16-8-4-5-13(9-16)11-22(19)12-15-10-21-17(18-15)14-6-2-3-7-14/h4-5,8-10,14H,2-3,6-7,11-12H2,1H3/t22-/m0/s1. The highest BCUT2D eigenvalue weighted by molar-refractivity contribution is 7.83. The molecule has 5 heteroatoms. The van der Waals surface area contributed by atoms with E-state index in [-0.39, 0.29) is 0 Å². The van der Waals surface area contributed by atoms with Crippen molar-refractivity contribution in [1.82, 2.24) is 4.98 Å². The summed E-state index contributed by atoms with van der Waals surface area (Å²) in [5.41, 5.74) is 2.03. The number of thiazole rings is 1. The van der Waals surface area contributed by atoms with Crippen LogP contribution in [0, 0.1) is 0 Å². The third-order valence-corrected chi connectivity index (χ3v) is 6.37. The van der Waals surface area contributed by atoms with Crippen molar-refractivity contribution in [3.63, 3.8) is 0 Å². The van der Waals surface area contributed by atoms with Crippen LogP contribution in [0.15, 0.2) is 29.6 Å². The molecule has 1 heterocycles. The van der Waals surface area contributed by atoms with Gasteiger partial charge in [-0.15, -0.1) is 11.3 Å². The van der Waals surface area contributed by atoms with E-state index in [4.69, 9.17) is 9.72 Å². The van der Waals surface area contributed by atoms with Crippen molar-refractivity contribution < 1.29 is 8.95 Å². The molecule has 0 amide bonds. The number of methoxy groups -OCH3 is 1. The first kappa shape index (κ1) is 15.7. The zero-order valence-electron chi connectivity index (χ0n) is 12.8. The molecule has 118 valence electrons. The summed E-state index contributed by atoms with van der Waals surface area (Å²) in [7, 11) is 0.717. The lowest BCUT2D eigenvalue weighted by Gasteiger charge is -2.05. The maximum absolute atomic E-state index is 12.3. The predicted molar refractivity (Wildman–Crippen MR) is 91.9 cm³/mol. The minimum atomic E-state index is -0.932. The fraction of sp³-hybridized carbons (Fsp3) is 0.471. The van der Waals surface area contributed by atoms with Gasteiger partial charge in [-0.1, -0.05) is 25.0 Å². The normalized spacial score (nSPS) is 16.8. The van der Waals surface area contributed by atoms with Crippen molar-refractivity contribution in [3.05, 3.63) is 45.9 Å². The molecule has 0 aliphatic heterocycles. The van der Waals surface area contributed by atoms with E-state index < -0.39 is 10.8 Å². The Kier molecular flexibility index (Phi) is 5.26. The third-order valence-electron chi connectivity index (χ3n) is 4.04. The van der Waals surface area contributed by atoms with Crippen molar-refractivity contribution >= 4 is 22.1 Å². The van der Waals surface area contributed by atoms with E-state index >= 15 is 0 Å². The highest BCUT2D eigenvalue weighted by Crippen LogP contribution is 2.35. The lowest BCUT2D eigenvalue weighted by molar-refractivity contribution is 0.414. The van der Waals surface area contributed by atoms with Gasteiger partial charge in [0.25, 0.3) is 0 Å². The molecule has 3 rings (SSSR count). The lowest BCUT2D eigenvalue weighted by Crippen LogP contribution is -2.01. The Balaban J connectivity index is 1.59. The van der Waals surface area contributed by atoms with Gasteiger partial charge in [-0.3, -0.25) is 4.21 Å². The maximum atomic E-state index is 12.3. The van der Waals surface area contributed by atoms with Crippen molar-refractivity contribution in [2.75, 3.05) is 7.11 Å². The minimum absolute atomic E-state index is 0.542. The molecule has 22 heavy (non-hydrogen) atoms. The molecule has 3 nitrogen and oxygen atoms in total. The molecule has 0 N–H and O–H groups in total. The van der Waals surface area contributed by atoms with Crippen LogP contribution >= 0.6 is 11.3 Å². The molecule has 0 radical (unpaired) electrons. The van der Waals surface area contributed by atoms with Gasteiger partial charge < -0.3 is 4.74 Å². The van der Waals surface area contributed by atoms with Crippen LogP contribution < -0.4 is 4.74 Å². The predicted octanol–water partition coefficient (Wildman–Crippen LogP) is 4.26. The average molecular weight is 335 g/mol. The van der Waals surface area contributed by atoms with Crippen LogP contribution in [0.5, 0.6) is 5.75 Å². The Morgan fingerprint density at radius 3 is 2.91 bits per heavy atom. The number of nitrogens with zero attached hydrogens (tertiary/aromatic N) is 1. The topological polar surface area (TPSA) is 39.2 Å². The van der Waals surface area contributed by atoms with Crippen molar-refractivity contribution in [2.24, 2.45) is 0 Å². The van der Waals surface area contributed by atoms with Gasteiger partial charge in [0.2, 0.25) is 0 Å². The van der Waals surface area contributed by atoms with Gasteiger partial charge >= 0.3 is 0 Å². The molecule has 1 aromatic heterocycles. The highest BCUT2D eigenvalue weighted by atomic mass is 32.2. The van der Waals surface area contributed by atoms with E-state index in [1.165, 1.54) is 30.7 Å². The first-order valence-corrected chi connectivity index (χ1v) is 10.0. The number of ether oxygens (including phenoxy) is 1. The van der Waals surface area contributed by atoms with Gasteiger partial charge in [-0.2, -0.15) is 0 Å². The van der Waals surface area contributed by atoms with Crippen molar-refractivity contribution in [3.8, 4) is 5.75 Å². The Hall–Kier alpha value is -1.20. The Bertz CT molecular complexity index is 648. The van der Waals surface area contributed by atoms with Gasteiger partial charge in [0.15, 0.2) is 0 Å². The van der Waals surface area contributed by atoms with Gasteiger partial charge in [0.1, 0.15) is 5.75 Å². The molecule has 0 spiro atoms. The number of benzene rings is 1. The number of hydrogen-bond acceptors (Lipinski definition) is 4. The minimum Gasteiger partial charge on any atom is -0.497 e. The van der Waals surface area contributed by atoms with Crippen molar-refractivity contribution in [2.45, 2.75) is 43.1 Å². The van der Waals surface area contributed by atoms with Gasteiger partial charge in [-0.05, 0) is 30.5 Å². The van der Waals surface area contributed by atoms with Gasteiger partial charge in [-0.25, -0.2) is 4.98 Å². The molecular formula is C17H21NO2S2. The third kappa shape index (κ3) is 3.96. The Morgan fingerprint density at radius 2 is 2.14 bits per heavy atom. The summed E-state index contributed by atoms with van der Waals surface area (Å²) in [6.07, 6.45) is 5.17. The second-order valence-corrected chi connectivity index (χ2v) is 8.09. The van der Waals surface area contributed by atoms with Crippen LogP contribution in [0.4, 0.5) is 0 Å². The van der Waals surface area contributed by atoms with E-state index in [0.29, 0.717) is 17.4 Å². The Morgan fingerprint density at radius 1 is 1.32 bits per heavy atom. The van der Waals surface area contributed by atoms with Crippen LogP contribution in [-0.4, -0.2) is 16.3 Å². The number of hydrogen-bond donors (Lipinski definition) is 0. The summed E-state index contributed by atoms with van der Waals surface area (Å²) in [4.78, 5) is 4.71. The second-order valence-electron chi connectivity index (χ2n) is 5.74. The molecule has 1 aromatic carbocycles. The summed E-state index contributed by atoms with van der Waals surface area (Å²) in [5, 5.41) is 3.32. The first-order valence-electron chi connectivity index (χ1n) is 7.67. The smallest absolute Gasteiger partial charge is 0.119 e. The molecule has 0 unspecified atom stereocenters. The molecule has 1 saturated carbocycles. The van der Waals surface area contributed by atoms with E-state index in [9.17, 15) is 4.21 Å². The quantitative estimate of drug-likeness (QED) is 0.792. The molecule has 2 aromatic rings. The van der Waals surface area contributed by atoms with E-state index in [0.717, 1.165) is 17.0 Å². The fourth-order valence-electron chi connectivity index (χ4n) is 2.91. The first-order chi connectivity index (χ1) is 10.7. The van der Waals surface area contributed by atoms with E-state index in [1.54, 1.807) is 18.4 Å². The zero-order valence-corrected chi connectivity index (χ0v) is 14.4. The molecular weight excluding hydrogens is 314 g/mol. The molecule has 1 fully saturated rings.